The van der Waals surface area contributed by atoms with Crippen molar-refractivity contribution in [3.63, 3.8) is 0 Å². The number of esters is 1. The molecule has 1 aromatic carbocycles. The molecular weight excluding hydrogens is 384 g/mol. The highest BCUT2D eigenvalue weighted by Crippen LogP contribution is 2.39. The first kappa shape index (κ1) is 18.4. The fraction of sp³-hybridized carbons (Fsp3) is 0.261. The molecule has 30 heavy (non-hydrogen) atoms. The van der Waals surface area contributed by atoms with Gasteiger partial charge in [-0.15, -0.1) is 12.3 Å². The van der Waals surface area contributed by atoms with Gasteiger partial charge in [-0.2, -0.15) is 0 Å². The van der Waals surface area contributed by atoms with Gasteiger partial charge in [-0.05, 0) is 30.7 Å². The molecule has 2 aliphatic heterocycles. The Hall–Kier alpha value is -3.63. The second-order valence-electron chi connectivity index (χ2n) is 7.61. The van der Waals surface area contributed by atoms with Gasteiger partial charge in [0.2, 0.25) is 0 Å². The van der Waals surface area contributed by atoms with Crippen LogP contribution in [0.4, 0.5) is 0 Å². The van der Waals surface area contributed by atoms with Gasteiger partial charge in [-0.1, -0.05) is 6.92 Å². The maximum Gasteiger partial charge on any atom is 0.343 e. The average Bonchev–Trinajstić information content (AvgIpc) is 3.10. The summed E-state index contributed by atoms with van der Waals surface area (Å²) < 4.78 is 6.66. The molecule has 1 unspecified atom stereocenters. The monoisotopic (exact) mass is 402 g/mol. The van der Waals surface area contributed by atoms with Crippen LogP contribution in [0.25, 0.3) is 22.3 Å². The summed E-state index contributed by atoms with van der Waals surface area (Å²) in [5.74, 6) is 1.91. The molecule has 5 rings (SSSR count). The molecule has 2 aromatic heterocycles. The Morgan fingerprint density at radius 1 is 1.33 bits per heavy atom. The van der Waals surface area contributed by atoms with Crippen molar-refractivity contribution in [3.05, 3.63) is 56.9 Å². The number of phenols is 1. The molecule has 0 amide bonds. The number of ether oxygens (including phenoxy) is 1. The van der Waals surface area contributed by atoms with Gasteiger partial charge in [0.15, 0.2) is 5.60 Å². The number of carbonyl (C=O) groups is 1. The van der Waals surface area contributed by atoms with E-state index in [0.29, 0.717) is 29.0 Å². The van der Waals surface area contributed by atoms with Crippen LogP contribution >= 0.6 is 0 Å². The number of hydrogen-bond acceptors (Lipinski definition) is 6. The maximum absolute atomic E-state index is 13.2. The minimum Gasteiger partial charge on any atom is -0.508 e. The van der Waals surface area contributed by atoms with Crippen molar-refractivity contribution < 1.29 is 19.7 Å². The Kier molecular flexibility index (Phi) is 3.79. The quantitative estimate of drug-likeness (QED) is 0.393. The number of cyclic esters (lactones) is 1. The highest BCUT2D eigenvalue weighted by atomic mass is 16.6. The predicted molar refractivity (Wildman–Crippen MR) is 109 cm³/mol. The number of benzene rings is 1. The van der Waals surface area contributed by atoms with Crippen LogP contribution in [-0.4, -0.2) is 25.7 Å². The van der Waals surface area contributed by atoms with Crippen molar-refractivity contribution in [2.24, 2.45) is 0 Å². The first-order chi connectivity index (χ1) is 14.4. The van der Waals surface area contributed by atoms with Crippen molar-refractivity contribution in [2.75, 3.05) is 0 Å². The standard InChI is InChI=1S/C23H18N2O5/c1-3-5-13-14-8-12-10-25-18(20(12)24-17(14)6-7-19(13)26)9-16-15(21(25)27)11-30-22(28)23(16,29)4-2/h1,6-9,26,29H,4-5,10-11H2,2H3. The Labute approximate surface area is 171 Å². The van der Waals surface area contributed by atoms with Crippen molar-refractivity contribution in [1.29, 1.82) is 0 Å². The Morgan fingerprint density at radius 3 is 2.87 bits per heavy atom. The summed E-state index contributed by atoms with van der Waals surface area (Å²) in [6.45, 7) is 1.80. The van der Waals surface area contributed by atoms with E-state index in [1.54, 1.807) is 29.7 Å². The molecule has 0 radical (unpaired) electrons. The summed E-state index contributed by atoms with van der Waals surface area (Å²) in [5.41, 5.74) is 1.62. The summed E-state index contributed by atoms with van der Waals surface area (Å²) in [6.07, 6.45) is 5.80. The summed E-state index contributed by atoms with van der Waals surface area (Å²) in [7, 11) is 0. The van der Waals surface area contributed by atoms with Gasteiger partial charge in [-0.25, -0.2) is 9.78 Å². The van der Waals surface area contributed by atoms with E-state index in [1.807, 2.05) is 6.07 Å². The Balaban J connectivity index is 1.78. The first-order valence-corrected chi connectivity index (χ1v) is 9.64. The van der Waals surface area contributed by atoms with Crippen LogP contribution in [0.1, 0.15) is 35.6 Å². The Bertz CT molecular complexity index is 1360. The van der Waals surface area contributed by atoms with Crippen LogP contribution in [0.3, 0.4) is 0 Å². The smallest absolute Gasteiger partial charge is 0.343 e. The average molecular weight is 402 g/mol. The number of aliphatic hydroxyl groups is 1. The fourth-order valence-electron chi connectivity index (χ4n) is 4.39. The van der Waals surface area contributed by atoms with E-state index in [9.17, 15) is 19.8 Å². The SMILES string of the molecule is C#CCc1c(O)ccc2nc3c(cc12)Cn1c-3cc2c(c1=O)COC(=O)C2(O)CC. The summed E-state index contributed by atoms with van der Waals surface area (Å²) in [4.78, 5) is 30.1. The van der Waals surface area contributed by atoms with E-state index in [2.05, 4.69) is 5.92 Å². The van der Waals surface area contributed by atoms with Crippen LogP contribution in [0, 0.1) is 12.3 Å². The molecule has 2 N–H and O–H groups in total. The van der Waals surface area contributed by atoms with Crippen molar-refractivity contribution in [3.8, 4) is 29.5 Å². The number of rotatable bonds is 2. The first-order valence-electron chi connectivity index (χ1n) is 9.64. The molecule has 150 valence electrons. The molecule has 0 aliphatic carbocycles. The number of aromatic nitrogens is 2. The molecule has 0 fully saturated rings. The van der Waals surface area contributed by atoms with E-state index >= 15 is 0 Å². The third-order valence-electron chi connectivity index (χ3n) is 6.06. The zero-order valence-electron chi connectivity index (χ0n) is 16.2. The van der Waals surface area contributed by atoms with Crippen LogP contribution in [0.2, 0.25) is 0 Å². The van der Waals surface area contributed by atoms with Crippen molar-refractivity contribution in [1.82, 2.24) is 9.55 Å². The molecule has 7 nitrogen and oxygen atoms in total. The van der Waals surface area contributed by atoms with Crippen molar-refractivity contribution >= 4 is 16.9 Å². The lowest BCUT2D eigenvalue weighted by molar-refractivity contribution is -0.172. The number of fused-ring (bicyclic) bond motifs is 5. The zero-order chi connectivity index (χ0) is 21.2. The summed E-state index contributed by atoms with van der Waals surface area (Å²) in [6, 6.07) is 6.82. The molecule has 7 heteroatoms. The Morgan fingerprint density at radius 2 is 2.13 bits per heavy atom. The second-order valence-corrected chi connectivity index (χ2v) is 7.61. The molecule has 4 heterocycles. The molecular formula is C23H18N2O5. The van der Waals surface area contributed by atoms with Gasteiger partial charge in [-0.3, -0.25) is 4.79 Å². The minimum absolute atomic E-state index is 0.0917. The van der Waals surface area contributed by atoms with E-state index in [0.717, 1.165) is 10.9 Å². The lowest BCUT2D eigenvalue weighted by atomic mass is 9.86. The van der Waals surface area contributed by atoms with Gasteiger partial charge in [0.1, 0.15) is 12.4 Å². The minimum atomic E-state index is -1.85. The van der Waals surface area contributed by atoms with Crippen LogP contribution in [0.15, 0.2) is 29.1 Å². The molecule has 0 spiro atoms. The number of terminal acetylenes is 1. The molecule has 1 atom stereocenters. The molecule has 2 aliphatic rings. The molecule has 0 bridgehead atoms. The number of aromatic hydroxyl groups is 1. The van der Waals surface area contributed by atoms with Crippen LogP contribution < -0.4 is 5.56 Å². The lowest BCUT2D eigenvalue weighted by Crippen LogP contribution is -2.44. The van der Waals surface area contributed by atoms with E-state index in [4.69, 9.17) is 16.1 Å². The number of carbonyl (C=O) groups excluding carboxylic acids is 1. The van der Waals surface area contributed by atoms with Crippen LogP contribution in [-0.2, 0) is 34.7 Å². The maximum atomic E-state index is 13.2. The molecule has 3 aromatic rings. The highest BCUT2D eigenvalue weighted by molar-refractivity contribution is 5.89. The van der Waals surface area contributed by atoms with E-state index in [-0.39, 0.29) is 41.9 Å². The number of phenolic OH excluding ortho intramolecular Hbond substituents is 1. The topological polar surface area (TPSA) is 102 Å². The predicted octanol–water partition coefficient (Wildman–Crippen LogP) is 1.96. The van der Waals surface area contributed by atoms with Gasteiger partial charge in [0, 0.05) is 28.5 Å². The number of nitrogens with zero attached hydrogens (tertiary/aromatic N) is 2. The van der Waals surface area contributed by atoms with E-state index in [1.165, 1.54) is 0 Å². The number of pyridine rings is 2. The van der Waals surface area contributed by atoms with E-state index < -0.39 is 11.6 Å². The third-order valence-corrected chi connectivity index (χ3v) is 6.06. The largest absolute Gasteiger partial charge is 0.508 e. The summed E-state index contributed by atoms with van der Waals surface area (Å²) in [5, 5.41) is 21.9. The highest BCUT2D eigenvalue weighted by Gasteiger charge is 2.45. The fourth-order valence-corrected chi connectivity index (χ4v) is 4.39. The van der Waals surface area contributed by atoms with Gasteiger partial charge >= 0.3 is 5.97 Å². The number of hydrogen-bond donors (Lipinski definition) is 2. The van der Waals surface area contributed by atoms with Gasteiger partial charge < -0.3 is 19.5 Å². The zero-order valence-corrected chi connectivity index (χ0v) is 16.2. The van der Waals surface area contributed by atoms with Gasteiger partial charge in [0.25, 0.3) is 5.56 Å². The normalized spacial score (nSPS) is 19.0. The third kappa shape index (κ3) is 2.28. The second kappa shape index (κ2) is 6.18. The van der Waals surface area contributed by atoms with Crippen LogP contribution in [0.5, 0.6) is 5.75 Å². The molecule has 0 saturated heterocycles. The molecule has 0 saturated carbocycles. The van der Waals surface area contributed by atoms with Gasteiger partial charge in [0.05, 0.1) is 29.0 Å². The van der Waals surface area contributed by atoms with Crippen molar-refractivity contribution in [2.45, 2.75) is 38.5 Å². The summed E-state index contributed by atoms with van der Waals surface area (Å²) >= 11 is 0. The lowest BCUT2D eigenvalue weighted by Gasteiger charge is -2.31.